The van der Waals surface area contributed by atoms with Crippen molar-refractivity contribution in [2.75, 3.05) is 28.7 Å². The summed E-state index contributed by atoms with van der Waals surface area (Å²) in [5.41, 5.74) is 2.84. The number of methoxy groups -OCH3 is 1. The number of fused-ring (bicyclic) bond motifs is 1. The third-order valence-corrected chi connectivity index (χ3v) is 7.36. The average Bonchev–Trinajstić information content (AvgIpc) is 3.39. The second-order valence-electron chi connectivity index (χ2n) is 11.2. The fourth-order valence-corrected chi connectivity index (χ4v) is 5.22. The number of ether oxygens (including phenoxy) is 2. The van der Waals surface area contributed by atoms with Gasteiger partial charge in [0.2, 0.25) is 10.0 Å². The second kappa shape index (κ2) is 11.9. The van der Waals surface area contributed by atoms with Crippen molar-refractivity contribution in [3.63, 3.8) is 0 Å². The zero-order valence-corrected chi connectivity index (χ0v) is 26.0. The van der Waals surface area contributed by atoms with E-state index >= 15 is 0 Å². The Kier molecular flexibility index (Phi) is 8.20. The molecule has 12 heteroatoms. The molecule has 228 valence electrons. The lowest BCUT2D eigenvalue weighted by Crippen LogP contribution is -2.22. The number of sulfonamides is 1. The van der Waals surface area contributed by atoms with Crippen LogP contribution in [0.4, 0.5) is 21.9 Å². The van der Waals surface area contributed by atoms with Crippen LogP contribution >= 0.6 is 0 Å². The van der Waals surface area contributed by atoms with E-state index in [1.807, 2.05) is 52.0 Å². The monoisotopic (exact) mass is 615 g/mol. The maximum atomic E-state index is 13.3. The highest BCUT2D eigenvalue weighted by Gasteiger charge is 2.22. The van der Waals surface area contributed by atoms with Gasteiger partial charge in [0, 0.05) is 23.0 Å². The molecule has 5 aromatic rings. The van der Waals surface area contributed by atoms with Gasteiger partial charge in [0.1, 0.15) is 17.2 Å². The number of rotatable bonds is 8. The van der Waals surface area contributed by atoms with Crippen LogP contribution in [0.1, 0.15) is 32.0 Å². The fourth-order valence-electron chi connectivity index (χ4n) is 4.67. The topological polar surface area (TPSA) is 145 Å². The number of carbonyl (C=O) groups excluding carboxylic acids is 1. The van der Waals surface area contributed by atoms with Crippen LogP contribution in [-0.4, -0.2) is 37.8 Å². The number of hydrogen-bond acceptors (Lipinski definition) is 8. The van der Waals surface area contributed by atoms with Gasteiger partial charge in [-0.3, -0.25) is 9.71 Å². The first kappa shape index (κ1) is 30.4. The largest absolute Gasteiger partial charge is 0.492 e. The molecule has 3 aromatic carbocycles. The molecule has 2 aromatic heterocycles. The van der Waals surface area contributed by atoms with Crippen molar-refractivity contribution in [2.24, 2.45) is 0 Å². The Bertz CT molecular complexity index is 1960. The summed E-state index contributed by atoms with van der Waals surface area (Å²) in [5, 5.41) is 7.25. The Labute approximate surface area is 255 Å². The number of urea groups is 1. The van der Waals surface area contributed by atoms with Gasteiger partial charge in [-0.1, -0.05) is 45.0 Å². The number of aryl methyl sites for hydroxylation is 1. The van der Waals surface area contributed by atoms with Gasteiger partial charge in [-0.2, -0.15) is 0 Å². The summed E-state index contributed by atoms with van der Waals surface area (Å²) in [4.78, 5) is 21.8. The van der Waals surface area contributed by atoms with E-state index in [9.17, 15) is 13.2 Å². The van der Waals surface area contributed by atoms with Crippen molar-refractivity contribution in [1.29, 1.82) is 0 Å². The van der Waals surface area contributed by atoms with Crippen LogP contribution in [0.15, 0.2) is 77.7 Å². The summed E-state index contributed by atoms with van der Waals surface area (Å²) >= 11 is 0. The predicted octanol–water partition coefficient (Wildman–Crippen LogP) is 7.31. The van der Waals surface area contributed by atoms with Crippen molar-refractivity contribution in [2.45, 2.75) is 33.1 Å². The van der Waals surface area contributed by atoms with Crippen LogP contribution in [-0.2, 0) is 15.4 Å². The minimum Gasteiger partial charge on any atom is -0.492 e. The zero-order valence-electron chi connectivity index (χ0n) is 25.2. The number of oxazole rings is 1. The van der Waals surface area contributed by atoms with Crippen molar-refractivity contribution < 1.29 is 27.1 Å². The Morgan fingerprint density at radius 3 is 2.27 bits per heavy atom. The average molecular weight is 616 g/mol. The zero-order chi connectivity index (χ0) is 31.6. The summed E-state index contributed by atoms with van der Waals surface area (Å²) in [5.74, 6) is 1.88. The number of benzene rings is 3. The van der Waals surface area contributed by atoms with Gasteiger partial charge in [0.05, 0.1) is 36.1 Å². The molecule has 0 saturated heterocycles. The molecule has 44 heavy (non-hydrogen) atoms. The molecule has 0 spiro atoms. The summed E-state index contributed by atoms with van der Waals surface area (Å²) in [6.45, 7) is 7.80. The van der Waals surface area contributed by atoms with E-state index in [1.165, 1.54) is 13.5 Å². The Morgan fingerprint density at radius 2 is 1.61 bits per heavy atom. The van der Waals surface area contributed by atoms with Gasteiger partial charge in [-0.15, -0.1) is 0 Å². The molecule has 0 saturated carbocycles. The van der Waals surface area contributed by atoms with Crippen LogP contribution < -0.4 is 24.8 Å². The first-order valence-corrected chi connectivity index (χ1v) is 15.6. The van der Waals surface area contributed by atoms with Crippen LogP contribution in [0.25, 0.3) is 22.2 Å². The molecule has 0 radical (unpaired) electrons. The lowest BCUT2D eigenvalue weighted by atomic mass is 9.86. The molecular formula is C32H33N5O6S. The van der Waals surface area contributed by atoms with E-state index < -0.39 is 16.1 Å². The van der Waals surface area contributed by atoms with Gasteiger partial charge >= 0.3 is 6.03 Å². The molecule has 0 bridgehead atoms. The first-order valence-electron chi connectivity index (χ1n) is 13.7. The van der Waals surface area contributed by atoms with Gasteiger partial charge in [0.15, 0.2) is 17.9 Å². The lowest BCUT2D eigenvalue weighted by molar-refractivity contribution is 0.262. The molecule has 11 nitrogen and oxygen atoms in total. The van der Waals surface area contributed by atoms with Crippen molar-refractivity contribution >= 4 is 43.9 Å². The maximum absolute atomic E-state index is 13.3. The standard InChI is InChI=1S/C32H33N5O6S/c1-19-29(42-18-34-19)25-17-21(13-14-33-25)43-28-12-11-24(22-9-7-8-10-23(22)28)35-31(38)36-26-15-20(32(2,3)4)16-27(30(26)41-5)37-44(6,39)40/h7-18,37H,1-6H3,(H2,35,36,38). The maximum Gasteiger partial charge on any atom is 0.323 e. The Morgan fingerprint density at radius 1 is 0.909 bits per heavy atom. The number of hydrogen-bond donors (Lipinski definition) is 3. The van der Waals surface area contributed by atoms with Gasteiger partial charge in [0.25, 0.3) is 0 Å². The molecule has 2 heterocycles. The second-order valence-corrected chi connectivity index (χ2v) is 13.0. The van der Waals surface area contributed by atoms with E-state index in [0.29, 0.717) is 34.3 Å². The highest BCUT2D eigenvalue weighted by atomic mass is 32.2. The minimum atomic E-state index is -3.61. The molecule has 0 aliphatic carbocycles. The first-order chi connectivity index (χ1) is 20.8. The lowest BCUT2D eigenvalue weighted by Gasteiger charge is -2.24. The van der Waals surface area contributed by atoms with Crippen LogP contribution in [0.3, 0.4) is 0 Å². The van der Waals surface area contributed by atoms with Crippen molar-refractivity contribution in [3.05, 3.63) is 84.5 Å². The molecule has 0 atom stereocenters. The Balaban J connectivity index is 1.43. The van der Waals surface area contributed by atoms with Crippen molar-refractivity contribution in [1.82, 2.24) is 9.97 Å². The molecule has 5 rings (SSSR count). The number of nitrogens with zero attached hydrogens (tertiary/aromatic N) is 2. The number of amides is 2. The SMILES string of the molecule is COc1c(NC(=O)Nc2ccc(Oc3ccnc(-c4ocnc4C)c3)c3ccccc23)cc(C(C)(C)C)cc1NS(C)(=O)=O. The van der Waals surface area contributed by atoms with Crippen LogP contribution in [0, 0.1) is 6.92 Å². The molecule has 2 amide bonds. The highest BCUT2D eigenvalue weighted by molar-refractivity contribution is 7.92. The molecule has 0 unspecified atom stereocenters. The van der Waals surface area contributed by atoms with Crippen LogP contribution in [0.5, 0.6) is 17.2 Å². The van der Waals surface area contributed by atoms with Crippen LogP contribution in [0.2, 0.25) is 0 Å². The van der Waals surface area contributed by atoms with Gasteiger partial charge in [-0.05, 0) is 48.2 Å². The van der Waals surface area contributed by atoms with Gasteiger partial charge < -0.3 is 24.5 Å². The number of aromatic nitrogens is 2. The normalized spacial score (nSPS) is 11.7. The molecule has 0 fully saturated rings. The van der Waals surface area contributed by atoms with E-state index in [2.05, 4.69) is 25.3 Å². The van der Waals surface area contributed by atoms with E-state index in [4.69, 9.17) is 13.9 Å². The molecule has 0 aliphatic heterocycles. The molecular weight excluding hydrogens is 582 g/mol. The number of pyridine rings is 1. The summed E-state index contributed by atoms with van der Waals surface area (Å²) < 4.78 is 43.9. The molecule has 3 N–H and O–H groups in total. The van der Waals surface area contributed by atoms with E-state index in [-0.39, 0.29) is 16.9 Å². The minimum absolute atomic E-state index is 0.185. The quantitative estimate of drug-likeness (QED) is 0.165. The molecule has 0 aliphatic rings. The smallest absolute Gasteiger partial charge is 0.323 e. The number of nitrogens with one attached hydrogen (secondary N) is 3. The van der Waals surface area contributed by atoms with E-state index in [0.717, 1.165) is 28.3 Å². The Hall–Kier alpha value is -5.10. The van der Waals surface area contributed by atoms with E-state index in [1.54, 1.807) is 42.6 Å². The van der Waals surface area contributed by atoms with Gasteiger partial charge in [-0.25, -0.2) is 18.2 Å². The third-order valence-electron chi connectivity index (χ3n) is 6.77. The predicted molar refractivity (Wildman–Crippen MR) is 171 cm³/mol. The highest BCUT2D eigenvalue weighted by Crippen LogP contribution is 2.40. The number of anilines is 3. The summed E-state index contributed by atoms with van der Waals surface area (Å²) in [7, 11) is -2.20. The fraction of sp³-hybridized carbons (Fsp3) is 0.219. The van der Waals surface area contributed by atoms with Crippen molar-refractivity contribution in [3.8, 4) is 28.7 Å². The third kappa shape index (κ3) is 6.76. The summed E-state index contributed by atoms with van der Waals surface area (Å²) in [6, 6.07) is 17.5. The summed E-state index contributed by atoms with van der Waals surface area (Å²) in [6.07, 6.45) is 4.06. The number of carbonyl (C=O) groups is 1.